The Morgan fingerprint density at radius 1 is 1.19 bits per heavy atom. The van der Waals surface area contributed by atoms with Crippen molar-refractivity contribution < 1.29 is 27.4 Å². The molecule has 2 aromatic heterocycles. The lowest BCUT2D eigenvalue weighted by atomic mass is 10.1. The Kier molecular flexibility index (Phi) is 5.01. The van der Waals surface area contributed by atoms with Crippen LogP contribution in [0.3, 0.4) is 0 Å². The normalized spacial score (nSPS) is 11.3. The molecule has 3 aromatic rings. The molecule has 2 heterocycles. The molecule has 0 atom stereocenters. The molecule has 0 radical (unpaired) electrons. The number of carbonyl (C=O) groups is 1. The number of aromatic amines is 1. The molecule has 0 aliphatic heterocycles. The number of alkyl halides is 3. The molecule has 8 nitrogen and oxygen atoms in total. The van der Waals surface area contributed by atoms with Crippen LogP contribution in [0, 0.1) is 0 Å². The van der Waals surface area contributed by atoms with E-state index in [4.69, 9.17) is 9.47 Å². The van der Waals surface area contributed by atoms with Crippen molar-refractivity contribution in [1.29, 1.82) is 0 Å². The molecule has 3 rings (SSSR count). The monoisotopic (exact) mass is 379 g/mol. The third-order valence-electron chi connectivity index (χ3n) is 3.28. The average molecular weight is 379 g/mol. The van der Waals surface area contributed by atoms with E-state index < -0.39 is 23.8 Å². The topological polar surface area (TPSA) is 103 Å². The predicted molar refractivity (Wildman–Crippen MR) is 84.9 cm³/mol. The predicted octanol–water partition coefficient (Wildman–Crippen LogP) is 3.25. The zero-order valence-electron chi connectivity index (χ0n) is 13.8. The molecule has 11 heteroatoms. The van der Waals surface area contributed by atoms with Crippen molar-refractivity contribution in [1.82, 2.24) is 25.4 Å². The first-order valence-corrected chi connectivity index (χ1v) is 7.65. The standard InChI is InChI=1S/C16H12F3N5O3/c1-2-26-14(25)13-12(22-24-23-13)9-5-3-4-6-10(9)27-15-20-8-7-11(21-15)16(17,18)19/h3-8H,2H2,1H3,(H,22,23,24). The molecule has 0 spiro atoms. The first kappa shape index (κ1) is 18.3. The van der Waals surface area contributed by atoms with Crippen LogP contribution in [0.4, 0.5) is 13.2 Å². The van der Waals surface area contributed by atoms with Crippen molar-refractivity contribution in [2.45, 2.75) is 13.1 Å². The number of esters is 1. The van der Waals surface area contributed by atoms with Gasteiger partial charge < -0.3 is 9.47 Å². The number of rotatable bonds is 5. The van der Waals surface area contributed by atoms with Gasteiger partial charge in [-0.05, 0) is 25.1 Å². The van der Waals surface area contributed by atoms with Crippen LogP contribution in [0.1, 0.15) is 23.1 Å². The maximum atomic E-state index is 12.8. The number of halogens is 3. The number of carbonyl (C=O) groups excluding carboxylic acids is 1. The second-order valence-corrected chi connectivity index (χ2v) is 5.06. The summed E-state index contributed by atoms with van der Waals surface area (Å²) in [6.07, 6.45) is -3.70. The van der Waals surface area contributed by atoms with Crippen LogP contribution in [0.5, 0.6) is 11.8 Å². The third kappa shape index (κ3) is 4.02. The van der Waals surface area contributed by atoms with E-state index in [9.17, 15) is 18.0 Å². The van der Waals surface area contributed by atoms with Crippen LogP contribution in [0.2, 0.25) is 0 Å². The van der Waals surface area contributed by atoms with Gasteiger partial charge in [-0.15, -0.1) is 5.10 Å². The first-order chi connectivity index (χ1) is 12.9. The zero-order valence-corrected chi connectivity index (χ0v) is 13.8. The van der Waals surface area contributed by atoms with Gasteiger partial charge in [0.15, 0.2) is 11.4 Å². The second kappa shape index (κ2) is 7.40. The molecule has 0 amide bonds. The SMILES string of the molecule is CCOC(=O)c1n[nH]nc1-c1ccccc1Oc1nccc(C(F)(F)F)n1. The van der Waals surface area contributed by atoms with Gasteiger partial charge in [0.25, 0.3) is 0 Å². The van der Waals surface area contributed by atoms with Crippen molar-refractivity contribution in [3.8, 4) is 23.0 Å². The number of hydrogen-bond donors (Lipinski definition) is 1. The minimum Gasteiger partial charge on any atom is -0.461 e. The van der Waals surface area contributed by atoms with E-state index >= 15 is 0 Å². The van der Waals surface area contributed by atoms with Crippen LogP contribution < -0.4 is 4.74 Å². The van der Waals surface area contributed by atoms with Crippen molar-refractivity contribution in [2.75, 3.05) is 6.61 Å². The van der Waals surface area contributed by atoms with Gasteiger partial charge in [0.05, 0.1) is 6.61 Å². The van der Waals surface area contributed by atoms with Gasteiger partial charge in [-0.1, -0.05) is 12.1 Å². The molecule has 140 valence electrons. The van der Waals surface area contributed by atoms with Crippen molar-refractivity contribution >= 4 is 5.97 Å². The summed E-state index contributed by atoms with van der Waals surface area (Å²) in [6, 6.07) is 6.50. The molecule has 0 unspecified atom stereocenters. The smallest absolute Gasteiger partial charge is 0.433 e. The lowest BCUT2D eigenvalue weighted by molar-refractivity contribution is -0.141. The average Bonchev–Trinajstić information content (AvgIpc) is 3.12. The Morgan fingerprint density at radius 3 is 2.70 bits per heavy atom. The van der Waals surface area contributed by atoms with Gasteiger partial charge in [0.1, 0.15) is 11.4 Å². The Bertz CT molecular complexity index is 958. The number of ether oxygens (including phenoxy) is 2. The fourth-order valence-corrected chi connectivity index (χ4v) is 2.16. The lowest BCUT2D eigenvalue weighted by Crippen LogP contribution is -2.09. The summed E-state index contributed by atoms with van der Waals surface area (Å²) in [5.41, 5.74) is -0.803. The highest BCUT2D eigenvalue weighted by Gasteiger charge is 2.33. The number of para-hydroxylation sites is 1. The molecule has 0 aliphatic carbocycles. The van der Waals surface area contributed by atoms with E-state index in [0.29, 0.717) is 5.56 Å². The minimum absolute atomic E-state index is 0.0853. The summed E-state index contributed by atoms with van der Waals surface area (Å²) in [5.74, 6) is -0.609. The maximum absolute atomic E-state index is 12.8. The van der Waals surface area contributed by atoms with Crippen LogP contribution in [-0.4, -0.2) is 38.0 Å². The Balaban J connectivity index is 1.97. The van der Waals surface area contributed by atoms with E-state index in [1.165, 1.54) is 6.07 Å². The summed E-state index contributed by atoms with van der Waals surface area (Å²) in [7, 11) is 0. The van der Waals surface area contributed by atoms with E-state index in [1.807, 2.05) is 0 Å². The van der Waals surface area contributed by atoms with Gasteiger partial charge in [-0.3, -0.25) is 0 Å². The minimum atomic E-state index is -4.64. The Labute approximate surface area is 150 Å². The molecule has 1 aromatic carbocycles. The fourth-order valence-electron chi connectivity index (χ4n) is 2.16. The number of benzene rings is 1. The summed E-state index contributed by atoms with van der Waals surface area (Å²) in [5, 5.41) is 9.99. The highest BCUT2D eigenvalue weighted by molar-refractivity contribution is 5.94. The van der Waals surface area contributed by atoms with Gasteiger partial charge in [0, 0.05) is 11.8 Å². The molecule has 0 fully saturated rings. The fraction of sp³-hybridized carbons (Fsp3) is 0.188. The number of nitrogens with one attached hydrogen (secondary N) is 1. The Hall–Kier alpha value is -3.50. The van der Waals surface area contributed by atoms with Crippen LogP contribution in [0.15, 0.2) is 36.5 Å². The maximum Gasteiger partial charge on any atom is 0.433 e. The molecular formula is C16H12F3N5O3. The Morgan fingerprint density at radius 2 is 1.96 bits per heavy atom. The third-order valence-corrected chi connectivity index (χ3v) is 3.28. The quantitative estimate of drug-likeness (QED) is 0.679. The van der Waals surface area contributed by atoms with Crippen LogP contribution in [-0.2, 0) is 10.9 Å². The van der Waals surface area contributed by atoms with E-state index in [1.54, 1.807) is 25.1 Å². The van der Waals surface area contributed by atoms with Crippen molar-refractivity contribution in [2.24, 2.45) is 0 Å². The van der Waals surface area contributed by atoms with Crippen LogP contribution in [0.25, 0.3) is 11.3 Å². The first-order valence-electron chi connectivity index (χ1n) is 7.65. The number of H-pyrrole nitrogens is 1. The van der Waals surface area contributed by atoms with E-state index in [2.05, 4.69) is 25.4 Å². The van der Waals surface area contributed by atoms with Gasteiger partial charge >= 0.3 is 18.2 Å². The highest BCUT2D eigenvalue weighted by Crippen LogP contribution is 2.33. The summed E-state index contributed by atoms with van der Waals surface area (Å²) in [6.45, 7) is 1.78. The molecule has 0 aliphatic rings. The molecule has 0 bridgehead atoms. The zero-order chi connectivity index (χ0) is 19.4. The number of nitrogens with zero attached hydrogens (tertiary/aromatic N) is 4. The van der Waals surface area contributed by atoms with E-state index in [-0.39, 0.29) is 23.7 Å². The molecule has 0 saturated heterocycles. The molecular weight excluding hydrogens is 367 g/mol. The summed E-state index contributed by atoms with van der Waals surface area (Å²) >= 11 is 0. The van der Waals surface area contributed by atoms with E-state index in [0.717, 1.165) is 12.3 Å². The number of aromatic nitrogens is 5. The second-order valence-electron chi connectivity index (χ2n) is 5.06. The number of hydrogen-bond acceptors (Lipinski definition) is 7. The molecule has 1 N–H and O–H groups in total. The van der Waals surface area contributed by atoms with Gasteiger partial charge in [-0.25, -0.2) is 9.78 Å². The summed E-state index contributed by atoms with van der Waals surface area (Å²) < 4.78 is 48.7. The highest BCUT2D eigenvalue weighted by atomic mass is 19.4. The van der Waals surface area contributed by atoms with Crippen molar-refractivity contribution in [3.05, 3.63) is 47.9 Å². The molecule has 27 heavy (non-hydrogen) atoms. The largest absolute Gasteiger partial charge is 0.461 e. The van der Waals surface area contributed by atoms with Gasteiger partial charge in [0.2, 0.25) is 0 Å². The van der Waals surface area contributed by atoms with Gasteiger partial charge in [-0.2, -0.15) is 28.5 Å². The lowest BCUT2D eigenvalue weighted by Gasteiger charge is -2.10. The van der Waals surface area contributed by atoms with Crippen LogP contribution >= 0.6 is 0 Å². The summed E-state index contributed by atoms with van der Waals surface area (Å²) in [4.78, 5) is 19.0. The van der Waals surface area contributed by atoms with Crippen molar-refractivity contribution in [3.63, 3.8) is 0 Å². The molecule has 0 saturated carbocycles.